The quantitative estimate of drug-likeness (QED) is 0.171. The van der Waals surface area contributed by atoms with Crippen molar-refractivity contribution in [2.45, 2.75) is 18.9 Å². The summed E-state index contributed by atoms with van der Waals surface area (Å²) in [4.78, 5) is 38.7. The summed E-state index contributed by atoms with van der Waals surface area (Å²) in [5.41, 5.74) is 9.80. The summed E-state index contributed by atoms with van der Waals surface area (Å²) in [5, 5.41) is 11.8. The van der Waals surface area contributed by atoms with Gasteiger partial charge in [0, 0.05) is 6.54 Å². The molecule has 0 saturated heterocycles. The van der Waals surface area contributed by atoms with Crippen LogP contribution in [0.1, 0.15) is 12.8 Å². The number of amides is 3. The van der Waals surface area contributed by atoms with Crippen LogP contribution in [0, 0.1) is 0 Å². The number of primary amides is 2. The standard InChI is InChI=1S/C7H17N4O6P/c8-6(12)5(2-1-3-10-7(9)13)11(14)4-18(15,16)17/h5,14H,1-4H2,(H2,8,12)(H3,9,10,13)(H2,15,16,17)/t5-/m0/s1. The Morgan fingerprint density at radius 2 is 1.89 bits per heavy atom. The van der Waals surface area contributed by atoms with E-state index in [0.717, 1.165) is 0 Å². The second-order valence-corrected chi connectivity index (χ2v) is 5.21. The van der Waals surface area contributed by atoms with Gasteiger partial charge in [0.25, 0.3) is 0 Å². The summed E-state index contributed by atoms with van der Waals surface area (Å²) in [6.07, 6.45) is -0.718. The lowest BCUT2D eigenvalue weighted by molar-refractivity contribution is -0.148. The fraction of sp³-hybridized carbons (Fsp3) is 0.714. The smallest absolute Gasteiger partial charge is 0.341 e. The molecule has 0 radical (unpaired) electrons. The second kappa shape index (κ2) is 7.29. The van der Waals surface area contributed by atoms with Gasteiger partial charge >= 0.3 is 13.6 Å². The number of hydrogen-bond acceptors (Lipinski definition) is 5. The summed E-state index contributed by atoms with van der Waals surface area (Å²) >= 11 is 0. The minimum absolute atomic E-state index is 0.0200. The Kier molecular flexibility index (Phi) is 6.81. The molecule has 0 aromatic carbocycles. The summed E-state index contributed by atoms with van der Waals surface area (Å²) in [6.45, 7) is 0.156. The maximum atomic E-state index is 11.0. The average Bonchev–Trinajstić information content (AvgIpc) is 2.12. The first-order chi connectivity index (χ1) is 8.13. The van der Waals surface area contributed by atoms with Gasteiger partial charge < -0.3 is 31.8 Å². The SMILES string of the molecule is NC(=O)NCCC[C@@H](C(N)=O)N(O)CP(=O)(O)O. The number of nitrogens with zero attached hydrogens (tertiary/aromatic N) is 1. The predicted molar refractivity (Wildman–Crippen MR) is 60.3 cm³/mol. The molecule has 18 heavy (non-hydrogen) atoms. The van der Waals surface area contributed by atoms with Gasteiger partial charge in [0.15, 0.2) is 0 Å². The van der Waals surface area contributed by atoms with Crippen molar-refractivity contribution >= 4 is 19.5 Å². The molecule has 0 fully saturated rings. The third-order valence-corrected chi connectivity index (χ3v) is 2.63. The highest BCUT2D eigenvalue weighted by Gasteiger charge is 2.28. The number of hydroxylamine groups is 2. The number of carbonyl (C=O) groups excluding carboxylic acids is 2. The van der Waals surface area contributed by atoms with Crippen LogP contribution >= 0.6 is 7.60 Å². The largest absolute Gasteiger partial charge is 0.368 e. The van der Waals surface area contributed by atoms with Crippen molar-refractivity contribution in [3.63, 3.8) is 0 Å². The average molecular weight is 284 g/mol. The lowest BCUT2D eigenvalue weighted by atomic mass is 10.1. The van der Waals surface area contributed by atoms with Crippen LogP contribution in [-0.4, -0.2) is 50.9 Å². The van der Waals surface area contributed by atoms with Crippen LogP contribution in [0.4, 0.5) is 4.79 Å². The zero-order valence-electron chi connectivity index (χ0n) is 9.52. The van der Waals surface area contributed by atoms with Gasteiger partial charge in [-0.3, -0.25) is 9.36 Å². The molecule has 0 heterocycles. The Labute approximate surface area is 103 Å². The number of hydrogen-bond donors (Lipinski definition) is 6. The molecule has 8 N–H and O–H groups in total. The maximum absolute atomic E-state index is 11.0. The normalized spacial score (nSPS) is 13.3. The van der Waals surface area contributed by atoms with Crippen LogP contribution < -0.4 is 16.8 Å². The van der Waals surface area contributed by atoms with Crippen molar-refractivity contribution in [1.29, 1.82) is 0 Å². The highest BCUT2D eigenvalue weighted by atomic mass is 31.2. The van der Waals surface area contributed by atoms with Gasteiger partial charge in [-0.05, 0) is 12.8 Å². The van der Waals surface area contributed by atoms with Crippen molar-refractivity contribution in [2.75, 3.05) is 12.8 Å². The molecule has 0 saturated carbocycles. The molecule has 0 aliphatic rings. The molecular weight excluding hydrogens is 267 g/mol. The highest BCUT2D eigenvalue weighted by molar-refractivity contribution is 7.51. The first-order valence-corrected chi connectivity index (χ1v) is 6.76. The van der Waals surface area contributed by atoms with Gasteiger partial charge in [0.05, 0.1) is 0 Å². The van der Waals surface area contributed by atoms with Crippen LogP contribution in [0.3, 0.4) is 0 Å². The fourth-order valence-electron chi connectivity index (χ4n) is 1.23. The van der Waals surface area contributed by atoms with Gasteiger partial charge in [0.2, 0.25) is 5.91 Å². The molecule has 0 rings (SSSR count). The molecule has 11 heteroatoms. The lowest BCUT2D eigenvalue weighted by Gasteiger charge is -2.23. The molecule has 0 bridgehead atoms. The van der Waals surface area contributed by atoms with Crippen LogP contribution in [0.25, 0.3) is 0 Å². The van der Waals surface area contributed by atoms with E-state index < -0.39 is 31.9 Å². The van der Waals surface area contributed by atoms with E-state index in [9.17, 15) is 19.4 Å². The van der Waals surface area contributed by atoms with Gasteiger partial charge in [0.1, 0.15) is 12.3 Å². The molecule has 0 aliphatic carbocycles. The molecule has 0 aromatic heterocycles. The first-order valence-electron chi connectivity index (χ1n) is 4.96. The van der Waals surface area contributed by atoms with Crippen molar-refractivity contribution in [2.24, 2.45) is 11.5 Å². The van der Waals surface area contributed by atoms with Crippen molar-refractivity contribution < 1.29 is 29.1 Å². The van der Waals surface area contributed by atoms with E-state index in [1.807, 2.05) is 0 Å². The minimum atomic E-state index is -4.49. The number of carbonyl (C=O) groups is 2. The Balaban J connectivity index is 4.26. The topological polar surface area (TPSA) is 179 Å². The van der Waals surface area contributed by atoms with Crippen molar-refractivity contribution in [1.82, 2.24) is 10.4 Å². The molecular formula is C7H17N4O6P. The van der Waals surface area contributed by atoms with Gasteiger partial charge in [-0.2, -0.15) is 5.06 Å². The van der Waals surface area contributed by atoms with E-state index >= 15 is 0 Å². The number of nitrogens with two attached hydrogens (primary N) is 2. The Morgan fingerprint density at radius 1 is 1.33 bits per heavy atom. The van der Waals surface area contributed by atoms with E-state index in [1.54, 1.807) is 0 Å². The van der Waals surface area contributed by atoms with Gasteiger partial charge in [-0.15, -0.1) is 0 Å². The zero-order valence-corrected chi connectivity index (χ0v) is 10.4. The molecule has 1 atom stereocenters. The third-order valence-electron chi connectivity index (χ3n) is 1.97. The van der Waals surface area contributed by atoms with Gasteiger partial charge in [-0.1, -0.05) is 0 Å². The molecule has 0 aliphatic heterocycles. The molecule has 10 nitrogen and oxygen atoms in total. The van der Waals surface area contributed by atoms with E-state index in [1.165, 1.54) is 0 Å². The van der Waals surface area contributed by atoms with Crippen LogP contribution in [0.5, 0.6) is 0 Å². The van der Waals surface area contributed by atoms with Crippen molar-refractivity contribution in [3.05, 3.63) is 0 Å². The number of rotatable bonds is 8. The second-order valence-electron chi connectivity index (χ2n) is 3.60. The monoisotopic (exact) mass is 284 g/mol. The Morgan fingerprint density at radius 3 is 2.28 bits per heavy atom. The zero-order chi connectivity index (χ0) is 14.3. The Bertz CT molecular complexity index is 345. The molecule has 106 valence electrons. The predicted octanol–water partition coefficient (Wildman–Crippen LogP) is -1.88. The third kappa shape index (κ3) is 7.98. The van der Waals surface area contributed by atoms with E-state index in [4.69, 9.17) is 21.3 Å². The molecule has 3 amide bonds. The van der Waals surface area contributed by atoms with E-state index in [-0.39, 0.29) is 24.4 Å². The highest BCUT2D eigenvalue weighted by Crippen LogP contribution is 2.35. The lowest BCUT2D eigenvalue weighted by Crippen LogP contribution is -2.43. The Hall–Kier alpha value is -1.19. The van der Waals surface area contributed by atoms with Crippen molar-refractivity contribution in [3.8, 4) is 0 Å². The first kappa shape index (κ1) is 16.8. The molecule has 0 spiro atoms. The van der Waals surface area contributed by atoms with Crippen LogP contribution in [-0.2, 0) is 9.36 Å². The molecule has 0 aromatic rings. The van der Waals surface area contributed by atoms with Gasteiger partial charge in [-0.25, -0.2) is 4.79 Å². The molecule has 0 unspecified atom stereocenters. The van der Waals surface area contributed by atoms with E-state index in [2.05, 4.69) is 5.32 Å². The minimum Gasteiger partial charge on any atom is -0.368 e. The summed E-state index contributed by atoms with van der Waals surface area (Å²) in [5.74, 6) is -0.926. The summed E-state index contributed by atoms with van der Waals surface area (Å²) in [7, 11) is -4.49. The fourth-order valence-corrected chi connectivity index (χ4v) is 1.81. The maximum Gasteiger partial charge on any atom is 0.341 e. The number of nitrogens with one attached hydrogen (secondary N) is 1. The summed E-state index contributed by atoms with van der Waals surface area (Å²) < 4.78 is 10.7. The summed E-state index contributed by atoms with van der Waals surface area (Å²) in [6, 6.07) is -1.98. The van der Waals surface area contributed by atoms with E-state index in [0.29, 0.717) is 0 Å². The van der Waals surface area contributed by atoms with Crippen LogP contribution in [0.2, 0.25) is 0 Å². The van der Waals surface area contributed by atoms with Crippen LogP contribution in [0.15, 0.2) is 0 Å². The number of urea groups is 1.